The predicted molar refractivity (Wildman–Crippen MR) is 154 cm³/mol. The number of morpholine rings is 1. The van der Waals surface area contributed by atoms with Gasteiger partial charge in [0.25, 0.3) is 0 Å². The van der Waals surface area contributed by atoms with E-state index in [-0.39, 0.29) is 11.8 Å². The Morgan fingerprint density at radius 2 is 1.70 bits per heavy atom. The quantitative estimate of drug-likeness (QED) is 0.391. The molecule has 1 atom stereocenters. The molecular weight excluding hydrogens is 512 g/mol. The molecule has 40 heavy (non-hydrogen) atoms. The van der Waals surface area contributed by atoms with Crippen LogP contribution in [0, 0.1) is 5.41 Å². The lowest BCUT2D eigenvalue weighted by molar-refractivity contribution is -0.140. The number of hydrogen-bond donors (Lipinski definition) is 2. The number of anilines is 1. The van der Waals surface area contributed by atoms with E-state index in [1.54, 1.807) is 26.8 Å². The first-order chi connectivity index (χ1) is 18.8. The Balaban J connectivity index is 1.65. The van der Waals surface area contributed by atoms with Gasteiger partial charge in [0.2, 0.25) is 0 Å². The zero-order valence-corrected chi connectivity index (χ0v) is 23.8. The standard InChI is InChI=1S/C31H38N2O7/c1-30(2,3)40-29(37)32-24(28(35)36)19-31(4,5)18-20-9-6-7-10-21(20)22-11-8-12-23-25(34)17-26(39-27(22)23)33-13-15-38-16-14-33/h6-12,17,24H,13-16,18-19H2,1-5H3,(H,32,37)(H,35,36). The average Bonchev–Trinajstić information content (AvgIpc) is 2.87. The highest BCUT2D eigenvalue weighted by molar-refractivity contribution is 5.93. The third-order valence-electron chi connectivity index (χ3n) is 6.79. The second-order valence-corrected chi connectivity index (χ2v) is 12.0. The molecule has 0 bridgehead atoms. The van der Waals surface area contributed by atoms with E-state index in [1.807, 2.05) is 55.1 Å². The molecule has 214 valence electrons. The normalized spacial score (nSPS) is 15.1. The predicted octanol–water partition coefficient (Wildman–Crippen LogP) is 5.23. The van der Waals surface area contributed by atoms with Gasteiger partial charge in [-0.25, -0.2) is 9.59 Å². The molecule has 2 N–H and O–H groups in total. The lowest BCUT2D eigenvalue weighted by Gasteiger charge is -2.30. The summed E-state index contributed by atoms with van der Waals surface area (Å²) >= 11 is 0. The maximum Gasteiger partial charge on any atom is 0.408 e. The molecule has 1 amide bonds. The fourth-order valence-corrected chi connectivity index (χ4v) is 5.04. The van der Waals surface area contributed by atoms with E-state index in [2.05, 4.69) is 5.32 Å². The van der Waals surface area contributed by atoms with Crippen LogP contribution in [0.3, 0.4) is 0 Å². The fourth-order valence-electron chi connectivity index (χ4n) is 5.04. The maximum absolute atomic E-state index is 13.1. The lowest BCUT2D eigenvalue weighted by Crippen LogP contribution is -2.45. The summed E-state index contributed by atoms with van der Waals surface area (Å²) in [6.07, 6.45) is -0.0630. The molecule has 1 fully saturated rings. The third-order valence-corrected chi connectivity index (χ3v) is 6.79. The van der Waals surface area contributed by atoms with E-state index in [0.717, 1.165) is 16.7 Å². The van der Waals surface area contributed by atoms with Gasteiger partial charge in [0.05, 0.1) is 18.6 Å². The van der Waals surface area contributed by atoms with E-state index in [0.29, 0.717) is 49.6 Å². The van der Waals surface area contributed by atoms with Gasteiger partial charge >= 0.3 is 12.1 Å². The molecule has 9 heteroatoms. The summed E-state index contributed by atoms with van der Waals surface area (Å²) in [5.41, 5.74) is 1.81. The molecule has 1 aliphatic rings. The van der Waals surface area contributed by atoms with E-state index in [4.69, 9.17) is 13.9 Å². The van der Waals surface area contributed by atoms with Crippen molar-refractivity contribution in [3.63, 3.8) is 0 Å². The summed E-state index contributed by atoms with van der Waals surface area (Å²) in [6.45, 7) is 11.5. The van der Waals surface area contributed by atoms with Crippen LogP contribution in [-0.2, 0) is 20.7 Å². The Bertz CT molecular complexity index is 1430. The largest absolute Gasteiger partial charge is 0.480 e. The van der Waals surface area contributed by atoms with Crippen LogP contribution in [0.25, 0.3) is 22.1 Å². The number of carboxylic acid groups (broad SMARTS) is 1. The second-order valence-electron chi connectivity index (χ2n) is 12.0. The van der Waals surface area contributed by atoms with Gasteiger partial charge in [-0.05, 0) is 56.2 Å². The molecule has 0 aliphatic carbocycles. The first-order valence-corrected chi connectivity index (χ1v) is 13.5. The highest BCUT2D eigenvalue weighted by Crippen LogP contribution is 2.36. The van der Waals surface area contributed by atoms with Crippen LogP contribution < -0.4 is 15.6 Å². The van der Waals surface area contributed by atoms with Crippen molar-refractivity contribution in [1.82, 2.24) is 5.32 Å². The summed E-state index contributed by atoms with van der Waals surface area (Å²) in [7, 11) is 0. The van der Waals surface area contributed by atoms with Crippen LogP contribution >= 0.6 is 0 Å². The van der Waals surface area contributed by atoms with Crippen molar-refractivity contribution in [2.75, 3.05) is 31.2 Å². The van der Waals surface area contributed by atoms with Crippen molar-refractivity contribution < 1.29 is 28.6 Å². The number of rotatable bonds is 8. The van der Waals surface area contributed by atoms with Gasteiger partial charge in [-0.3, -0.25) is 4.79 Å². The number of carbonyl (C=O) groups is 2. The average molecular weight is 551 g/mol. The topological polar surface area (TPSA) is 118 Å². The minimum absolute atomic E-state index is 0.111. The zero-order valence-electron chi connectivity index (χ0n) is 23.8. The molecule has 0 spiro atoms. The summed E-state index contributed by atoms with van der Waals surface area (Å²) < 4.78 is 17.1. The van der Waals surface area contributed by atoms with Crippen molar-refractivity contribution in [3.05, 3.63) is 64.3 Å². The minimum atomic E-state index is -1.13. The van der Waals surface area contributed by atoms with Crippen LogP contribution in [0.4, 0.5) is 10.7 Å². The molecule has 3 aromatic rings. The van der Waals surface area contributed by atoms with Crippen molar-refractivity contribution in [2.24, 2.45) is 5.41 Å². The molecule has 0 saturated carbocycles. The number of alkyl carbamates (subject to hydrolysis) is 1. The smallest absolute Gasteiger partial charge is 0.408 e. The Labute approximate surface area is 234 Å². The molecule has 1 aliphatic heterocycles. The molecule has 2 heterocycles. The van der Waals surface area contributed by atoms with Crippen molar-refractivity contribution in [3.8, 4) is 11.1 Å². The molecule has 2 aromatic carbocycles. The number of hydrogen-bond acceptors (Lipinski definition) is 7. The fraction of sp³-hybridized carbons (Fsp3) is 0.452. The van der Waals surface area contributed by atoms with E-state index in [9.17, 15) is 19.5 Å². The molecule has 9 nitrogen and oxygen atoms in total. The maximum atomic E-state index is 13.1. The van der Waals surface area contributed by atoms with Gasteiger partial charge in [0.1, 0.15) is 17.2 Å². The number of benzene rings is 2. The van der Waals surface area contributed by atoms with E-state index in [1.165, 1.54) is 6.07 Å². The van der Waals surface area contributed by atoms with Crippen LogP contribution in [0.15, 0.2) is 57.7 Å². The van der Waals surface area contributed by atoms with Gasteiger partial charge in [-0.2, -0.15) is 0 Å². The lowest BCUT2D eigenvalue weighted by atomic mass is 9.78. The molecule has 4 rings (SSSR count). The molecule has 1 aromatic heterocycles. The Kier molecular flexibility index (Phi) is 8.54. The van der Waals surface area contributed by atoms with Crippen molar-refractivity contribution in [2.45, 2.75) is 59.1 Å². The molecular formula is C31H38N2O7. The number of carbonyl (C=O) groups excluding carboxylic acids is 1. The van der Waals surface area contributed by atoms with E-state index >= 15 is 0 Å². The van der Waals surface area contributed by atoms with Gasteiger partial charge in [0.15, 0.2) is 11.3 Å². The molecule has 0 radical (unpaired) electrons. The minimum Gasteiger partial charge on any atom is -0.480 e. The van der Waals surface area contributed by atoms with Crippen LogP contribution in [-0.4, -0.2) is 55.1 Å². The first-order valence-electron chi connectivity index (χ1n) is 13.5. The Morgan fingerprint density at radius 1 is 1.02 bits per heavy atom. The van der Waals surface area contributed by atoms with Crippen LogP contribution in [0.1, 0.15) is 46.6 Å². The summed E-state index contributed by atoms with van der Waals surface area (Å²) in [4.78, 5) is 39.4. The SMILES string of the molecule is CC(C)(Cc1ccccc1-c1cccc2c(=O)cc(N3CCOCC3)oc12)CC(NC(=O)OC(C)(C)C)C(=O)O. The number of aliphatic carboxylic acids is 1. The van der Waals surface area contributed by atoms with Gasteiger partial charge in [0, 0.05) is 24.7 Å². The monoisotopic (exact) mass is 550 g/mol. The number of fused-ring (bicyclic) bond motifs is 1. The second kappa shape index (κ2) is 11.7. The number of nitrogens with one attached hydrogen (secondary N) is 1. The van der Waals surface area contributed by atoms with Gasteiger partial charge in [-0.15, -0.1) is 0 Å². The molecule has 1 unspecified atom stereocenters. The summed E-state index contributed by atoms with van der Waals surface area (Å²) in [5, 5.41) is 12.8. The number of para-hydroxylation sites is 1. The summed E-state index contributed by atoms with van der Waals surface area (Å²) in [6, 6.07) is 13.8. The highest BCUT2D eigenvalue weighted by Gasteiger charge is 2.31. The number of carboxylic acids is 1. The van der Waals surface area contributed by atoms with E-state index < -0.39 is 29.1 Å². The first kappa shape index (κ1) is 29.1. The summed E-state index contributed by atoms with van der Waals surface area (Å²) in [5.74, 6) is -0.609. The van der Waals surface area contributed by atoms with Gasteiger partial charge < -0.3 is 29.2 Å². The van der Waals surface area contributed by atoms with Crippen molar-refractivity contribution in [1.29, 1.82) is 0 Å². The third kappa shape index (κ3) is 7.21. The van der Waals surface area contributed by atoms with Crippen LogP contribution in [0.5, 0.6) is 0 Å². The zero-order chi connectivity index (χ0) is 29.1. The highest BCUT2D eigenvalue weighted by atomic mass is 16.6. The van der Waals surface area contributed by atoms with Crippen molar-refractivity contribution >= 4 is 28.9 Å². The van der Waals surface area contributed by atoms with Gasteiger partial charge in [-0.1, -0.05) is 50.2 Å². The Morgan fingerprint density at radius 3 is 2.38 bits per heavy atom. The number of nitrogens with zero attached hydrogens (tertiary/aromatic N) is 1. The molecule has 1 saturated heterocycles. The Hall–Kier alpha value is -3.85. The number of ether oxygens (including phenoxy) is 2. The number of amides is 1. The van der Waals surface area contributed by atoms with Crippen LogP contribution in [0.2, 0.25) is 0 Å².